The first-order valence-electron chi connectivity index (χ1n) is 10.4. The average molecular weight is 426 g/mol. The van der Waals surface area contributed by atoms with Crippen LogP contribution < -0.4 is 19.5 Å². The number of amides is 1. The molecule has 4 aromatic rings. The maximum Gasteiger partial charge on any atom is 0.256 e. The number of hydrogen-bond donors (Lipinski definition) is 1. The molecule has 5 rings (SSSR count). The second kappa shape index (κ2) is 8.23. The number of aryl methyl sites for hydroxylation is 1. The predicted octanol–water partition coefficient (Wildman–Crippen LogP) is 5.24. The second-order valence-electron chi connectivity index (χ2n) is 7.62. The van der Waals surface area contributed by atoms with Crippen LogP contribution in [0.15, 0.2) is 66.7 Å². The Morgan fingerprint density at radius 1 is 0.938 bits per heavy atom. The van der Waals surface area contributed by atoms with Crippen molar-refractivity contribution < 1.29 is 19.0 Å². The van der Waals surface area contributed by atoms with E-state index < -0.39 is 0 Å². The quantitative estimate of drug-likeness (QED) is 0.483. The summed E-state index contributed by atoms with van der Waals surface area (Å²) < 4.78 is 16.5. The van der Waals surface area contributed by atoms with Crippen molar-refractivity contribution in [3.05, 3.63) is 77.9 Å². The summed E-state index contributed by atoms with van der Waals surface area (Å²) in [6.07, 6.45) is 0. The zero-order chi connectivity index (χ0) is 22.1. The molecule has 2 heterocycles. The van der Waals surface area contributed by atoms with Crippen LogP contribution in [0.4, 0.5) is 5.69 Å². The Morgan fingerprint density at radius 2 is 1.72 bits per heavy atom. The molecule has 3 aromatic carbocycles. The zero-order valence-corrected chi connectivity index (χ0v) is 17.8. The van der Waals surface area contributed by atoms with Gasteiger partial charge in [0.1, 0.15) is 19.0 Å². The minimum Gasteiger partial charge on any atom is -0.497 e. The monoisotopic (exact) mass is 426 g/mol. The van der Waals surface area contributed by atoms with Crippen LogP contribution in [-0.4, -0.2) is 31.2 Å². The molecule has 0 aliphatic carbocycles. The van der Waals surface area contributed by atoms with Gasteiger partial charge in [0.25, 0.3) is 5.91 Å². The Kier molecular flexibility index (Phi) is 5.11. The fourth-order valence-corrected chi connectivity index (χ4v) is 3.75. The first kappa shape index (κ1) is 19.9. The van der Waals surface area contributed by atoms with Crippen molar-refractivity contribution in [2.75, 3.05) is 25.6 Å². The highest BCUT2D eigenvalue weighted by Crippen LogP contribution is 2.35. The van der Waals surface area contributed by atoms with Crippen LogP contribution in [0.1, 0.15) is 15.9 Å². The molecule has 0 fully saturated rings. The van der Waals surface area contributed by atoms with Gasteiger partial charge in [0.05, 0.1) is 23.9 Å². The third-order valence-electron chi connectivity index (χ3n) is 5.39. The average Bonchev–Trinajstić information content (AvgIpc) is 2.83. The summed E-state index contributed by atoms with van der Waals surface area (Å²) in [6.45, 7) is 3.05. The van der Waals surface area contributed by atoms with E-state index in [1.165, 1.54) is 0 Å². The Bertz CT molecular complexity index is 1320. The summed E-state index contributed by atoms with van der Waals surface area (Å²) in [5, 5.41) is 3.79. The SMILES string of the molecule is COc1ccc(NC(=O)c2cc(-c3ccc4c(c3)OCCO4)nc3ccc(C)cc23)cc1. The minimum atomic E-state index is -0.202. The van der Waals surface area contributed by atoms with Gasteiger partial charge in [0, 0.05) is 16.6 Å². The van der Waals surface area contributed by atoms with Gasteiger partial charge in [0.15, 0.2) is 11.5 Å². The van der Waals surface area contributed by atoms with Crippen molar-refractivity contribution >= 4 is 22.5 Å². The van der Waals surface area contributed by atoms with Crippen molar-refractivity contribution in [1.82, 2.24) is 4.98 Å². The van der Waals surface area contributed by atoms with Gasteiger partial charge in [0.2, 0.25) is 0 Å². The van der Waals surface area contributed by atoms with E-state index in [1.807, 2.05) is 73.7 Å². The van der Waals surface area contributed by atoms with E-state index >= 15 is 0 Å². The smallest absolute Gasteiger partial charge is 0.256 e. The van der Waals surface area contributed by atoms with Crippen molar-refractivity contribution in [2.45, 2.75) is 6.92 Å². The summed E-state index contributed by atoms with van der Waals surface area (Å²) in [7, 11) is 1.61. The number of anilines is 1. The Balaban J connectivity index is 1.57. The highest BCUT2D eigenvalue weighted by atomic mass is 16.6. The van der Waals surface area contributed by atoms with E-state index in [0.29, 0.717) is 41.7 Å². The first-order valence-corrected chi connectivity index (χ1v) is 10.4. The second-order valence-corrected chi connectivity index (χ2v) is 7.62. The maximum atomic E-state index is 13.3. The van der Waals surface area contributed by atoms with Crippen LogP contribution in [0.5, 0.6) is 17.2 Å². The van der Waals surface area contributed by atoms with Crippen molar-refractivity contribution in [3.63, 3.8) is 0 Å². The third-order valence-corrected chi connectivity index (χ3v) is 5.39. The van der Waals surface area contributed by atoms with Crippen molar-refractivity contribution in [2.24, 2.45) is 0 Å². The third kappa shape index (κ3) is 3.83. The maximum absolute atomic E-state index is 13.3. The molecule has 0 bridgehead atoms. The minimum absolute atomic E-state index is 0.202. The number of ether oxygens (including phenoxy) is 3. The number of benzene rings is 3. The lowest BCUT2D eigenvalue weighted by atomic mass is 10.0. The molecule has 160 valence electrons. The van der Waals surface area contributed by atoms with E-state index in [0.717, 1.165) is 27.8 Å². The fraction of sp³-hybridized carbons (Fsp3) is 0.154. The van der Waals surface area contributed by atoms with Gasteiger partial charge in [-0.25, -0.2) is 4.98 Å². The first-order chi connectivity index (χ1) is 15.6. The van der Waals surface area contributed by atoms with E-state index in [4.69, 9.17) is 19.2 Å². The summed E-state index contributed by atoms with van der Waals surface area (Å²) in [5.41, 5.74) is 4.61. The molecule has 0 spiro atoms. The molecule has 1 aromatic heterocycles. The number of nitrogens with one attached hydrogen (secondary N) is 1. The van der Waals surface area contributed by atoms with Crippen LogP contribution >= 0.6 is 0 Å². The number of hydrogen-bond acceptors (Lipinski definition) is 5. The van der Waals surface area contributed by atoms with Gasteiger partial charge in [-0.15, -0.1) is 0 Å². The lowest BCUT2D eigenvalue weighted by molar-refractivity contribution is 0.102. The number of nitrogens with zero attached hydrogens (tertiary/aromatic N) is 1. The Morgan fingerprint density at radius 3 is 2.50 bits per heavy atom. The number of pyridine rings is 1. The van der Waals surface area contributed by atoms with Crippen LogP contribution in [0.3, 0.4) is 0 Å². The molecule has 0 saturated heterocycles. The molecule has 6 heteroatoms. The molecular formula is C26H22N2O4. The summed E-state index contributed by atoms with van der Waals surface area (Å²) in [5.74, 6) is 1.93. The molecular weight excluding hydrogens is 404 g/mol. The van der Waals surface area contributed by atoms with Gasteiger partial charge in [-0.3, -0.25) is 4.79 Å². The normalized spacial score (nSPS) is 12.4. The lowest BCUT2D eigenvalue weighted by Gasteiger charge is -2.19. The zero-order valence-electron chi connectivity index (χ0n) is 17.8. The molecule has 1 aliphatic heterocycles. The number of carbonyl (C=O) groups is 1. The molecule has 0 radical (unpaired) electrons. The highest BCUT2D eigenvalue weighted by Gasteiger charge is 2.17. The van der Waals surface area contributed by atoms with Gasteiger partial charge < -0.3 is 19.5 Å². The molecule has 0 unspecified atom stereocenters. The molecule has 1 N–H and O–H groups in total. The molecule has 1 amide bonds. The summed E-state index contributed by atoms with van der Waals surface area (Å²) in [6, 6.07) is 20.7. The molecule has 1 aliphatic rings. The van der Waals surface area contributed by atoms with E-state index in [-0.39, 0.29) is 5.91 Å². The summed E-state index contributed by atoms with van der Waals surface area (Å²) in [4.78, 5) is 18.1. The molecule has 32 heavy (non-hydrogen) atoms. The Hall–Kier alpha value is -4.06. The molecule has 0 saturated carbocycles. The van der Waals surface area contributed by atoms with E-state index in [1.54, 1.807) is 7.11 Å². The number of aromatic nitrogens is 1. The number of carbonyl (C=O) groups excluding carboxylic acids is 1. The largest absolute Gasteiger partial charge is 0.497 e. The molecule has 0 atom stereocenters. The van der Waals surface area contributed by atoms with Crippen molar-refractivity contribution in [3.8, 4) is 28.5 Å². The summed E-state index contributed by atoms with van der Waals surface area (Å²) >= 11 is 0. The standard InChI is InChI=1S/C26H22N2O4/c1-16-3-9-22-20(13-16)21(26(29)27-18-5-7-19(30-2)8-6-18)15-23(28-22)17-4-10-24-25(14-17)32-12-11-31-24/h3-10,13-15H,11-12H2,1-2H3,(H,27,29). The van der Waals surface area contributed by atoms with Crippen LogP contribution in [-0.2, 0) is 0 Å². The van der Waals surface area contributed by atoms with E-state index in [9.17, 15) is 4.79 Å². The predicted molar refractivity (Wildman–Crippen MR) is 124 cm³/mol. The Labute approximate surface area is 185 Å². The number of fused-ring (bicyclic) bond motifs is 2. The topological polar surface area (TPSA) is 69.7 Å². The lowest BCUT2D eigenvalue weighted by Crippen LogP contribution is -2.15. The van der Waals surface area contributed by atoms with Gasteiger partial charge in [-0.05, 0) is 67.6 Å². The van der Waals surface area contributed by atoms with Crippen LogP contribution in [0.25, 0.3) is 22.2 Å². The van der Waals surface area contributed by atoms with Gasteiger partial charge in [-0.2, -0.15) is 0 Å². The van der Waals surface area contributed by atoms with Crippen LogP contribution in [0, 0.1) is 6.92 Å². The van der Waals surface area contributed by atoms with E-state index in [2.05, 4.69) is 5.32 Å². The van der Waals surface area contributed by atoms with Crippen LogP contribution in [0.2, 0.25) is 0 Å². The number of rotatable bonds is 4. The number of methoxy groups -OCH3 is 1. The van der Waals surface area contributed by atoms with Crippen molar-refractivity contribution in [1.29, 1.82) is 0 Å². The van der Waals surface area contributed by atoms with Gasteiger partial charge >= 0.3 is 0 Å². The molecule has 6 nitrogen and oxygen atoms in total. The fourth-order valence-electron chi connectivity index (χ4n) is 3.75. The highest BCUT2D eigenvalue weighted by molar-refractivity contribution is 6.13. The van der Waals surface area contributed by atoms with Gasteiger partial charge in [-0.1, -0.05) is 11.6 Å².